The summed E-state index contributed by atoms with van der Waals surface area (Å²) in [5.74, 6) is 2.08. The number of hydrogen-bond acceptors (Lipinski definition) is 6. The number of aromatic nitrogens is 2. The normalized spacial score (nSPS) is 12.0. The Balaban J connectivity index is 2.60. The van der Waals surface area contributed by atoms with Crippen LogP contribution < -0.4 is 0 Å². The first kappa shape index (κ1) is 16.7. The number of hydrogen-bond donors (Lipinski definition) is 1. The predicted octanol–water partition coefficient (Wildman–Crippen LogP) is 4.87. The van der Waals surface area contributed by atoms with E-state index < -0.39 is 0 Å². The Bertz CT molecular complexity index is 335. The van der Waals surface area contributed by atoms with Crippen molar-refractivity contribution in [1.29, 1.82) is 0 Å². The van der Waals surface area contributed by atoms with Crippen LogP contribution in [0.25, 0.3) is 0 Å². The highest BCUT2D eigenvalue weighted by Crippen LogP contribution is 2.38. The summed E-state index contributed by atoms with van der Waals surface area (Å²) in [4.78, 5) is 0. The molecule has 1 aromatic rings. The smallest absolute Gasteiger partial charge is 0.175 e. The van der Waals surface area contributed by atoms with Crippen LogP contribution in [0.15, 0.2) is 8.68 Å². The first-order valence-electron chi connectivity index (χ1n) is 6.31. The molecule has 0 aromatic carbocycles. The van der Waals surface area contributed by atoms with Gasteiger partial charge in [0.05, 0.1) is 0 Å². The zero-order chi connectivity index (χ0) is 13.4. The van der Waals surface area contributed by atoms with Crippen LogP contribution in [0.1, 0.15) is 39.5 Å². The molecular weight excluding hydrogens is 300 g/mol. The molecular formula is C12H22N2S4. The van der Waals surface area contributed by atoms with Crippen molar-refractivity contribution in [3.63, 3.8) is 0 Å². The molecule has 0 atom stereocenters. The highest BCUT2D eigenvalue weighted by molar-refractivity contribution is 8.03. The van der Waals surface area contributed by atoms with Crippen LogP contribution in [-0.2, 0) is 0 Å². The Morgan fingerprint density at radius 2 is 1.78 bits per heavy atom. The molecule has 0 amide bonds. The van der Waals surface area contributed by atoms with Crippen molar-refractivity contribution in [3.8, 4) is 0 Å². The molecule has 6 heteroatoms. The van der Waals surface area contributed by atoms with Gasteiger partial charge in [-0.1, -0.05) is 61.5 Å². The van der Waals surface area contributed by atoms with Crippen molar-refractivity contribution in [2.45, 2.75) is 48.2 Å². The number of nitrogens with zero attached hydrogens (tertiary/aromatic N) is 2. The quantitative estimate of drug-likeness (QED) is 0.518. The Hall–Kier alpha value is 0.610. The van der Waals surface area contributed by atoms with Crippen molar-refractivity contribution in [3.05, 3.63) is 0 Å². The van der Waals surface area contributed by atoms with Crippen LogP contribution in [0.2, 0.25) is 0 Å². The number of thiol groups is 1. The zero-order valence-corrected chi connectivity index (χ0v) is 14.7. The van der Waals surface area contributed by atoms with Gasteiger partial charge in [-0.05, 0) is 30.3 Å². The van der Waals surface area contributed by atoms with Crippen LogP contribution in [-0.4, -0.2) is 28.0 Å². The topological polar surface area (TPSA) is 25.8 Å². The third-order valence-corrected chi connectivity index (χ3v) is 7.01. The second-order valence-corrected chi connectivity index (χ2v) is 8.05. The standard InChI is InChI=1S/C12H22N2S4/c1-4-6-12(8-15,7-5-2)9-17-11-14-13-10(16-3)18-11/h15H,4-9H2,1-3H3. The van der Waals surface area contributed by atoms with E-state index in [4.69, 9.17) is 0 Å². The van der Waals surface area contributed by atoms with Gasteiger partial charge in [0.2, 0.25) is 0 Å². The maximum absolute atomic E-state index is 4.59. The summed E-state index contributed by atoms with van der Waals surface area (Å²) < 4.78 is 2.15. The molecule has 0 aliphatic rings. The zero-order valence-electron chi connectivity index (χ0n) is 11.3. The van der Waals surface area contributed by atoms with E-state index >= 15 is 0 Å². The summed E-state index contributed by atoms with van der Waals surface area (Å²) in [5, 5.41) is 8.38. The second-order valence-electron chi connectivity index (χ2n) is 4.48. The van der Waals surface area contributed by atoms with E-state index in [9.17, 15) is 0 Å². The lowest BCUT2D eigenvalue weighted by atomic mass is 9.83. The Morgan fingerprint density at radius 1 is 1.17 bits per heavy atom. The fourth-order valence-corrected chi connectivity index (χ4v) is 5.40. The lowest BCUT2D eigenvalue weighted by molar-refractivity contribution is 0.318. The van der Waals surface area contributed by atoms with Gasteiger partial charge in [0.25, 0.3) is 0 Å². The number of rotatable bonds is 9. The van der Waals surface area contributed by atoms with Gasteiger partial charge in [0.1, 0.15) is 0 Å². The highest BCUT2D eigenvalue weighted by Gasteiger charge is 2.27. The monoisotopic (exact) mass is 322 g/mol. The van der Waals surface area contributed by atoms with Crippen LogP contribution >= 0.6 is 47.5 Å². The van der Waals surface area contributed by atoms with Crippen molar-refractivity contribution >= 4 is 47.5 Å². The van der Waals surface area contributed by atoms with E-state index in [1.54, 1.807) is 23.1 Å². The molecule has 0 radical (unpaired) electrons. The Kier molecular flexibility index (Phi) is 8.07. The largest absolute Gasteiger partial charge is 0.179 e. The summed E-state index contributed by atoms with van der Waals surface area (Å²) in [6, 6.07) is 0. The molecule has 2 nitrogen and oxygen atoms in total. The van der Waals surface area contributed by atoms with Gasteiger partial charge in [-0.25, -0.2) is 0 Å². The molecule has 1 aromatic heterocycles. The molecule has 0 saturated carbocycles. The van der Waals surface area contributed by atoms with Gasteiger partial charge in [0, 0.05) is 5.75 Å². The van der Waals surface area contributed by atoms with E-state index in [-0.39, 0.29) is 0 Å². The Labute approximate surface area is 129 Å². The fourth-order valence-electron chi connectivity index (χ4n) is 2.09. The molecule has 0 saturated heterocycles. The fraction of sp³-hybridized carbons (Fsp3) is 0.833. The van der Waals surface area contributed by atoms with Crippen molar-refractivity contribution in [2.24, 2.45) is 5.41 Å². The first-order chi connectivity index (χ1) is 8.69. The van der Waals surface area contributed by atoms with Crippen LogP contribution in [0.3, 0.4) is 0 Å². The predicted molar refractivity (Wildman–Crippen MR) is 88.5 cm³/mol. The third kappa shape index (κ3) is 4.94. The van der Waals surface area contributed by atoms with Gasteiger partial charge >= 0.3 is 0 Å². The maximum atomic E-state index is 4.59. The first-order valence-corrected chi connectivity index (χ1v) is 9.96. The average Bonchev–Trinajstić information content (AvgIpc) is 2.84. The molecule has 1 heterocycles. The molecule has 0 fully saturated rings. The maximum Gasteiger partial charge on any atom is 0.175 e. The average molecular weight is 323 g/mol. The SMILES string of the molecule is CCCC(CS)(CCC)CSc1nnc(SC)s1. The summed E-state index contributed by atoms with van der Waals surface area (Å²) >= 11 is 9.80. The molecule has 104 valence electrons. The summed E-state index contributed by atoms with van der Waals surface area (Å²) in [6.45, 7) is 4.52. The summed E-state index contributed by atoms with van der Waals surface area (Å²) in [5.41, 5.74) is 0.364. The van der Waals surface area contributed by atoms with Crippen molar-refractivity contribution in [2.75, 3.05) is 17.8 Å². The lowest BCUT2D eigenvalue weighted by Crippen LogP contribution is -2.25. The molecule has 0 aliphatic heterocycles. The van der Waals surface area contributed by atoms with E-state index in [0.717, 1.165) is 20.2 Å². The minimum Gasteiger partial charge on any atom is -0.179 e. The second kappa shape index (κ2) is 8.72. The van der Waals surface area contributed by atoms with Crippen LogP contribution in [0.5, 0.6) is 0 Å². The van der Waals surface area contributed by atoms with Crippen LogP contribution in [0, 0.1) is 5.41 Å². The van der Waals surface area contributed by atoms with E-state index in [1.807, 2.05) is 18.0 Å². The Morgan fingerprint density at radius 3 is 2.22 bits per heavy atom. The summed E-state index contributed by atoms with van der Waals surface area (Å²) in [7, 11) is 0. The minimum absolute atomic E-state index is 0.364. The lowest BCUT2D eigenvalue weighted by Gasteiger charge is -2.31. The van der Waals surface area contributed by atoms with Gasteiger partial charge in [-0.15, -0.1) is 10.2 Å². The molecule has 0 aliphatic carbocycles. The molecule has 0 N–H and O–H groups in total. The van der Waals surface area contributed by atoms with Gasteiger partial charge in [-0.3, -0.25) is 0 Å². The summed E-state index contributed by atoms with van der Waals surface area (Å²) in [6.07, 6.45) is 7.01. The van der Waals surface area contributed by atoms with Gasteiger partial charge in [-0.2, -0.15) is 12.6 Å². The molecule has 18 heavy (non-hydrogen) atoms. The van der Waals surface area contributed by atoms with Crippen molar-refractivity contribution < 1.29 is 0 Å². The van der Waals surface area contributed by atoms with Gasteiger partial charge in [0.15, 0.2) is 8.68 Å². The third-order valence-electron chi connectivity index (χ3n) is 2.96. The minimum atomic E-state index is 0.364. The number of thioether (sulfide) groups is 2. The highest BCUT2D eigenvalue weighted by atomic mass is 32.2. The van der Waals surface area contributed by atoms with E-state index in [2.05, 4.69) is 36.7 Å². The van der Waals surface area contributed by atoms with E-state index in [1.165, 1.54) is 25.7 Å². The molecule has 0 unspecified atom stereocenters. The van der Waals surface area contributed by atoms with Crippen LogP contribution in [0.4, 0.5) is 0 Å². The molecule has 1 rings (SSSR count). The van der Waals surface area contributed by atoms with E-state index in [0.29, 0.717) is 5.41 Å². The molecule has 0 bridgehead atoms. The van der Waals surface area contributed by atoms with Gasteiger partial charge < -0.3 is 0 Å². The molecule has 0 spiro atoms. The van der Waals surface area contributed by atoms with Crippen molar-refractivity contribution in [1.82, 2.24) is 10.2 Å².